The summed E-state index contributed by atoms with van der Waals surface area (Å²) >= 11 is 0. The Morgan fingerprint density at radius 3 is 2.44 bits per heavy atom. The van der Waals surface area contributed by atoms with E-state index in [0.717, 1.165) is 12.2 Å². The average molecular weight is 247 g/mol. The van der Waals surface area contributed by atoms with Crippen LogP contribution in [0.3, 0.4) is 0 Å². The van der Waals surface area contributed by atoms with Crippen LogP contribution in [0.1, 0.15) is 57.4 Å². The summed E-state index contributed by atoms with van der Waals surface area (Å²) in [7, 11) is 2.01. The van der Waals surface area contributed by atoms with Gasteiger partial charge in [-0.15, -0.1) is 0 Å². The van der Waals surface area contributed by atoms with Crippen LogP contribution < -0.4 is 10.1 Å². The largest absolute Gasteiger partial charge is 0.488 e. The highest BCUT2D eigenvalue weighted by Crippen LogP contribution is 2.44. The average Bonchev–Trinajstić information content (AvgIpc) is 2.61. The van der Waals surface area contributed by atoms with Crippen LogP contribution in [0.15, 0.2) is 12.1 Å². The molecule has 0 radical (unpaired) electrons. The first kappa shape index (κ1) is 13.4. The van der Waals surface area contributed by atoms with E-state index in [1.807, 2.05) is 7.05 Å². The molecule has 0 bridgehead atoms. The minimum Gasteiger partial charge on any atom is -0.488 e. The van der Waals surface area contributed by atoms with Gasteiger partial charge in [-0.1, -0.05) is 39.8 Å². The predicted octanol–water partition coefficient (Wildman–Crippen LogP) is 3.59. The first-order valence-electron chi connectivity index (χ1n) is 6.89. The SMILES string of the molecule is CCc1cc2c(c(C(C)(C)C)c1)OC(C)C2NC. The molecule has 0 spiro atoms. The Labute approximate surface area is 111 Å². The Morgan fingerprint density at radius 1 is 1.28 bits per heavy atom. The molecule has 1 N–H and O–H groups in total. The van der Waals surface area contributed by atoms with Crippen LogP contribution in [0.4, 0.5) is 0 Å². The van der Waals surface area contributed by atoms with E-state index < -0.39 is 0 Å². The van der Waals surface area contributed by atoms with E-state index in [1.165, 1.54) is 16.7 Å². The van der Waals surface area contributed by atoms with Crippen LogP contribution in [-0.2, 0) is 11.8 Å². The molecule has 0 saturated carbocycles. The standard InChI is InChI=1S/C16H25NO/c1-7-11-8-12-14(17-6)10(2)18-15(12)13(9-11)16(3,4)5/h8-10,14,17H,7H2,1-6H3. The third kappa shape index (κ3) is 2.14. The lowest BCUT2D eigenvalue weighted by Gasteiger charge is -2.23. The first-order chi connectivity index (χ1) is 8.38. The van der Waals surface area contributed by atoms with Crippen molar-refractivity contribution < 1.29 is 4.74 Å². The molecule has 2 atom stereocenters. The zero-order chi connectivity index (χ0) is 13.5. The van der Waals surface area contributed by atoms with Gasteiger partial charge in [-0.05, 0) is 31.4 Å². The fraction of sp³-hybridized carbons (Fsp3) is 0.625. The van der Waals surface area contributed by atoms with Crippen molar-refractivity contribution in [2.24, 2.45) is 0 Å². The zero-order valence-corrected chi connectivity index (χ0v) is 12.4. The molecule has 1 aliphatic heterocycles. The summed E-state index contributed by atoms with van der Waals surface area (Å²) < 4.78 is 6.10. The Kier molecular flexibility index (Phi) is 3.41. The molecular formula is C16H25NO. The van der Waals surface area contributed by atoms with Gasteiger partial charge in [-0.2, -0.15) is 0 Å². The van der Waals surface area contributed by atoms with E-state index in [9.17, 15) is 0 Å². The second kappa shape index (κ2) is 4.58. The lowest BCUT2D eigenvalue weighted by atomic mass is 9.83. The molecular weight excluding hydrogens is 222 g/mol. The molecule has 18 heavy (non-hydrogen) atoms. The van der Waals surface area contributed by atoms with E-state index in [4.69, 9.17) is 4.74 Å². The van der Waals surface area contributed by atoms with Gasteiger partial charge in [0.05, 0.1) is 6.04 Å². The molecule has 1 aromatic carbocycles. The van der Waals surface area contributed by atoms with Crippen LogP contribution >= 0.6 is 0 Å². The van der Waals surface area contributed by atoms with Crippen molar-refractivity contribution in [3.05, 3.63) is 28.8 Å². The van der Waals surface area contributed by atoms with Crippen LogP contribution in [0.25, 0.3) is 0 Å². The molecule has 1 heterocycles. The number of fused-ring (bicyclic) bond motifs is 1. The van der Waals surface area contributed by atoms with Crippen LogP contribution in [-0.4, -0.2) is 13.2 Å². The van der Waals surface area contributed by atoms with Crippen molar-refractivity contribution in [1.29, 1.82) is 0 Å². The molecule has 2 unspecified atom stereocenters. The fourth-order valence-electron chi connectivity index (χ4n) is 2.73. The summed E-state index contributed by atoms with van der Waals surface area (Å²) in [6.45, 7) is 11.1. The van der Waals surface area contributed by atoms with Crippen molar-refractivity contribution in [2.45, 2.75) is 58.6 Å². The van der Waals surface area contributed by atoms with E-state index in [0.29, 0.717) is 6.04 Å². The number of rotatable bonds is 2. The van der Waals surface area contributed by atoms with Gasteiger partial charge in [0.2, 0.25) is 0 Å². The first-order valence-corrected chi connectivity index (χ1v) is 6.89. The van der Waals surface area contributed by atoms with Gasteiger partial charge in [0.15, 0.2) is 0 Å². The fourth-order valence-corrected chi connectivity index (χ4v) is 2.73. The van der Waals surface area contributed by atoms with Gasteiger partial charge < -0.3 is 10.1 Å². The normalized spacial score (nSPS) is 22.8. The van der Waals surface area contributed by atoms with Gasteiger partial charge in [0, 0.05) is 11.1 Å². The minimum absolute atomic E-state index is 0.123. The smallest absolute Gasteiger partial charge is 0.128 e. The van der Waals surface area contributed by atoms with E-state index in [1.54, 1.807) is 0 Å². The quantitative estimate of drug-likeness (QED) is 0.862. The second-order valence-electron chi connectivity index (χ2n) is 6.25. The van der Waals surface area contributed by atoms with Crippen molar-refractivity contribution in [1.82, 2.24) is 5.32 Å². The number of benzene rings is 1. The lowest BCUT2D eigenvalue weighted by Crippen LogP contribution is -2.25. The van der Waals surface area contributed by atoms with Crippen molar-refractivity contribution in [3.8, 4) is 5.75 Å². The van der Waals surface area contributed by atoms with Crippen molar-refractivity contribution in [3.63, 3.8) is 0 Å². The number of hydrogen-bond acceptors (Lipinski definition) is 2. The molecule has 2 nitrogen and oxygen atoms in total. The van der Waals surface area contributed by atoms with E-state index in [2.05, 4.69) is 52.1 Å². The third-order valence-corrected chi connectivity index (χ3v) is 3.81. The third-order valence-electron chi connectivity index (χ3n) is 3.81. The summed E-state index contributed by atoms with van der Waals surface area (Å²) in [5.74, 6) is 1.10. The summed E-state index contributed by atoms with van der Waals surface area (Å²) in [4.78, 5) is 0. The Balaban J connectivity index is 2.61. The van der Waals surface area contributed by atoms with Crippen LogP contribution in [0.2, 0.25) is 0 Å². The molecule has 0 aromatic heterocycles. The van der Waals surface area contributed by atoms with Crippen molar-refractivity contribution in [2.75, 3.05) is 7.05 Å². The van der Waals surface area contributed by atoms with Gasteiger partial charge in [0.1, 0.15) is 11.9 Å². The lowest BCUT2D eigenvalue weighted by molar-refractivity contribution is 0.211. The zero-order valence-electron chi connectivity index (χ0n) is 12.4. The van der Waals surface area contributed by atoms with E-state index >= 15 is 0 Å². The Hall–Kier alpha value is -1.02. The maximum Gasteiger partial charge on any atom is 0.128 e. The van der Waals surface area contributed by atoms with Crippen LogP contribution in [0, 0.1) is 0 Å². The predicted molar refractivity (Wildman–Crippen MR) is 76.4 cm³/mol. The van der Waals surface area contributed by atoms with Gasteiger partial charge in [-0.3, -0.25) is 0 Å². The molecule has 100 valence electrons. The summed E-state index contributed by atoms with van der Waals surface area (Å²) in [5.41, 5.74) is 4.18. The molecule has 0 aliphatic carbocycles. The monoisotopic (exact) mass is 247 g/mol. The van der Waals surface area contributed by atoms with Gasteiger partial charge in [0.25, 0.3) is 0 Å². The molecule has 2 rings (SSSR count). The molecule has 0 amide bonds. The van der Waals surface area contributed by atoms with Gasteiger partial charge >= 0.3 is 0 Å². The topological polar surface area (TPSA) is 21.3 Å². The number of ether oxygens (including phenoxy) is 1. The number of aryl methyl sites for hydroxylation is 1. The number of hydrogen-bond donors (Lipinski definition) is 1. The summed E-state index contributed by atoms with van der Waals surface area (Å²) in [6, 6.07) is 4.92. The number of likely N-dealkylation sites (N-methyl/N-ethyl adjacent to an activating group) is 1. The summed E-state index contributed by atoms with van der Waals surface area (Å²) in [6.07, 6.45) is 1.28. The minimum atomic E-state index is 0.123. The maximum atomic E-state index is 6.10. The van der Waals surface area contributed by atoms with Crippen LogP contribution in [0.5, 0.6) is 5.75 Å². The molecule has 1 aliphatic rings. The highest BCUT2D eigenvalue weighted by atomic mass is 16.5. The Bertz CT molecular complexity index is 445. The molecule has 1 aromatic rings. The maximum absolute atomic E-state index is 6.10. The molecule has 0 saturated heterocycles. The van der Waals surface area contributed by atoms with E-state index in [-0.39, 0.29) is 11.5 Å². The Morgan fingerprint density at radius 2 is 1.94 bits per heavy atom. The highest BCUT2D eigenvalue weighted by Gasteiger charge is 2.34. The van der Waals surface area contributed by atoms with Gasteiger partial charge in [-0.25, -0.2) is 0 Å². The highest BCUT2D eigenvalue weighted by molar-refractivity contribution is 5.52. The second-order valence-corrected chi connectivity index (χ2v) is 6.25. The molecule has 0 fully saturated rings. The number of nitrogens with one attached hydrogen (secondary N) is 1. The van der Waals surface area contributed by atoms with Crippen molar-refractivity contribution >= 4 is 0 Å². The molecule has 2 heteroatoms. The summed E-state index contributed by atoms with van der Waals surface area (Å²) in [5, 5.41) is 3.37.